The molecule has 380 valence electrons. The molecule has 16 heteroatoms. The number of hydrogen-bond acceptors (Lipinski definition) is 14. The summed E-state index contributed by atoms with van der Waals surface area (Å²) in [4.78, 5) is 25.8. The highest BCUT2D eigenvalue weighted by atomic mass is 16.5. The van der Waals surface area contributed by atoms with Gasteiger partial charge in [-0.25, -0.2) is 9.59 Å². The van der Waals surface area contributed by atoms with Crippen LogP contribution in [0, 0.1) is 0 Å². The van der Waals surface area contributed by atoms with Crippen molar-refractivity contribution in [1.29, 1.82) is 0 Å². The van der Waals surface area contributed by atoms with E-state index in [1.807, 2.05) is 48.5 Å². The van der Waals surface area contributed by atoms with E-state index >= 15 is 0 Å². The molecule has 4 atom stereocenters. The molecule has 2 heterocycles. The van der Waals surface area contributed by atoms with Crippen molar-refractivity contribution in [3.8, 4) is 34.5 Å². The maximum absolute atomic E-state index is 12.9. The number of ether oxygens (including phenoxy) is 8. The fourth-order valence-corrected chi connectivity index (χ4v) is 10.6. The van der Waals surface area contributed by atoms with Gasteiger partial charge in [0.05, 0.1) is 134 Å². The van der Waals surface area contributed by atoms with Gasteiger partial charge in [-0.1, -0.05) is 30.3 Å². The molecule has 4 N–H and O–H groups in total. The molecule has 0 saturated heterocycles. The summed E-state index contributed by atoms with van der Waals surface area (Å²) in [5.74, 6) is 2.28. The van der Waals surface area contributed by atoms with Gasteiger partial charge < -0.3 is 67.3 Å². The molecular formula is C54H72N2O14+2. The number of hydrogen-bond donors (Lipinski definition) is 4. The van der Waals surface area contributed by atoms with Crippen molar-refractivity contribution >= 4 is 11.9 Å². The first-order chi connectivity index (χ1) is 33.8. The number of carbonyl (C=O) groups is 2. The minimum atomic E-state index is -0.657. The number of aliphatic hydroxyl groups is 4. The summed E-state index contributed by atoms with van der Waals surface area (Å²) in [5.41, 5.74) is 8.60. The number of benzene rings is 4. The van der Waals surface area contributed by atoms with E-state index in [-0.39, 0.29) is 51.7 Å². The second-order valence-corrected chi connectivity index (χ2v) is 18.4. The molecular weight excluding hydrogens is 901 g/mol. The Kier molecular flexibility index (Phi) is 18.6. The molecule has 0 radical (unpaired) electrons. The van der Waals surface area contributed by atoms with Gasteiger partial charge in [-0.2, -0.15) is 0 Å². The Labute approximate surface area is 411 Å². The molecule has 6 rings (SSSR count). The molecule has 4 aromatic rings. The van der Waals surface area contributed by atoms with Gasteiger partial charge in [0.2, 0.25) is 5.75 Å². The van der Waals surface area contributed by atoms with E-state index in [0.29, 0.717) is 111 Å². The highest BCUT2D eigenvalue weighted by Gasteiger charge is 2.44. The zero-order valence-corrected chi connectivity index (χ0v) is 42.0. The molecule has 4 unspecified atom stereocenters. The zero-order valence-electron chi connectivity index (χ0n) is 42.0. The Morgan fingerprint density at radius 2 is 1.04 bits per heavy atom. The van der Waals surface area contributed by atoms with Crippen LogP contribution in [0.4, 0.5) is 0 Å². The third-order valence-electron chi connectivity index (χ3n) is 14.4. The number of methoxy groups -OCH3 is 6. The number of carbonyl (C=O) groups excluding carboxylic acids is 2. The van der Waals surface area contributed by atoms with Gasteiger partial charge >= 0.3 is 11.9 Å². The van der Waals surface area contributed by atoms with Crippen LogP contribution in [-0.2, 0) is 71.2 Å². The molecule has 0 aromatic heterocycles. The van der Waals surface area contributed by atoms with Crippen molar-refractivity contribution in [2.75, 3.05) is 96.1 Å². The quantitative estimate of drug-likeness (QED) is 0.0302. The van der Waals surface area contributed by atoms with Crippen molar-refractivity contribution in [2.45, 2.75) is 77.0 Å². The Morgan fingerprint density at radius 1 is 0.543 bits per heavy atom. The SMILES string of the molecule is COc1ccc(CC2c3c(cc(OC)c(OC)c3OC)CC[N+]2(C)CCCOC(=O)C=CC(=O)OCCC[N+]2(C)CCc3cc(CO)c(CO)c(OC)c3C2Cc2ccc(CO)c(CO)c2)cc1OC. The molecule has 4 aromatic carbocycles. The van der Waals surface area contributed by atoms with E-state index in [0.717, 1.165) is 65.0 Å². The maximum atomic E-state index is 12.9. The lowest BCUT2D eigenvalue weighted by Crippen LogP contribution is -2.53. The van der Waals surface area contributed by atoms with E-state index in [1.54, 1.807) is 42.7 Å². The fourth-order valence-electron chi connectivity index (χ4n) is 10.6. The van der Waals surface area contributed by atoms with Gasteiger partial charge in [-0.15, -0.1) is 0 Å². The molecule has 0 fully saturated rings. The van der Waals surface area contributed by atoms with E-state index < -0.39 is 11.9 Å². The summed E-state index contributed by atoms with van der Waals surface area (Å²) in [5, 5.41) is 40.5. The van der Waals surface area contributed by atoms with E-state index in [9.17, 15) is 30.0 Å². The van der Waals surface area contributed by atoms with Crippen LogP contribution in [0.15, 0.2) is 60.7 Å². The van der Waals surface area contributed by atoms with Crippen LogP contribution < -0.4 is 28.4 Å². The number of nitrogens with zero attached hydrogens (tertiary/aromatic N) is 2. The van der Waals surface area contributed by atoms with Crippen molar-refractivity contribution in [3.63, 3.8) is 0 Å². The lowest BCUT2D eigenvalue weighted by molar-refractivity contribution is -0.941. The number of esters is 2. The summed E-state index contributed by atoms with van der Waals surface area (Å²) in [6, 6.07) is 15.4. The van der Waals surface area contributed by atoms with Crippen molar-refractivity contribution in [1.82, 2.24) is 0 Å². The predicted octanol–water partition coefficient (Wildman–Crippen LogP) is 5.40. The number of rotatable bonds is 24. The molecule has 0 bridgehead atoms. The standard InChI is InChI=1S/C54H72N2O14/c1-55(21-17-37-29-41(33-59)42(34-60)52(66-6)50(37)43(55)26-35-11-13-39(31-57)40(25-35)32-58)19-9-23-69-48(61)15-16-49(62)70-24-10-20-56(2)22-18-38-30-47(65-5)53(67-7)54(68-8)51(38)44(56)27-36-12-14-45(63-3)46(28-36)64-4/h11-16,25,28-30,43-44,57-60H,9-10,17-24,26-27,31-34H2,1-8H3/q+2. The first kappa shape index (κ1) is 53.5. The zero-order chi connectivity index (χ0) is 50.6. The summed E-state index contributed by atoms with van der Waals surface area (Å²) < 4.78 is 47.1. The predicted molar refractivity (Wildman–Crippen MR) is 261 cm³/mol. The highest BCUT2D eigenvalue weighted by Crippen LogP contribution is 2.51. The monoisotopic (exact) mass is 972 g/mol. The van der Waals surface area contributed by atoms with Crippen LogP contribution in [-0.4, -0.2) is 137 Å². The molecule has 0 aliphatic carbocycles. The van der Waals surface area contributed by atoms with Crippen molar-refractivity contribution < 1.29 is 76.9 Å². The van der Waals surface area contributed by atoms with E-state index in [2.05, 4.69) is 14.1 Å². The van der Waals surface area contributed by atoms with Gasteiger partial charge in [0.15, 0.2) is 23.0 Å². The molecule has 2 aliphatic rings. The van der Waals surface area contributed by atoms with Crippen LogP contribution in [0.25, 0.3) is 0 Å². The van der Waals surface area contributed by atoms with Gasteiger partial charge in [-0.3, -0.25) is 0 Å². The summed E-state index contributed by atoms with van der Waals surface area (Å²) in [6.45, 7) is 2.16. The third-order valence-corrected chi connectivity index (χ3v) is 14.4. The second kappa shape index (κ2) is 24.3. The van der Waals surface area contributed by atoms with Gasteiger partial charge in [0.25, 0.3) is 0 Å². The average Bonchev–Trinajstić information content (AvgIpc) is 3.38. The third kappa shape index (κ3) is 11.7. The van der Waals surface area contributed by atoms with Crippen LogP contribution in [0.5, 0.6) is 34.5 Å². The van der Waals surface area contributed by atoms with Gasteiger partial charge in [-0.05, 0) is 57.1 Å². The largest absolute Gasteiger partial charge is 0.496 e. The topological polar surface area (TPSA) is 189 Å². The maximum Gasteiger partial charge on any atom is 0.331 e. The first-order valence-electron chi connectivity index (χ1n) is 23.8. The van der Waals surface area contributed by atoms with Crippen molar-refractivity contribution in [3.05, 3.63) is 116 Å². The van der Waals surface area contributed by atoms with Gasteiger partial charge in [0, 0.05) is 56.2 Å². The van der Waals surface area contributed by atoms with E-state index in [4.69, 9.17) is 37.9 Å². The van der Waals surface area contributed by atoms with Crippen LogP contribution >= 0.6 is 0 Å². The summed E-state index contributed by atoms with van der Waals surface area (Å²) in [6.07, 6.45) is 5.92. The summed E-state index contributed by atoms with van der Waals surface area (Å²) >= 11 is 0. The lowest BCUT2D eigenvalue weighted by Gasteiger charge is -2.46. The summed E-state index contributed by atoms with van der Waals surface area (Å²) in [7, 11) is 14.0. The Balaban J connectivity index is 1.08. The number of aliphatic hydroxyl groups excluding tert-OH is 4. The molecule has 0 amide bonds. The van der Waals surface area contributed by atoms with Crippen molar-refractivity contribution in [2.24, 2.45) is 0 Å². The molecule has 2 aliphatic heterocycles. The average molecular weight is 973 g/mol. The Hall–Kier alpha value is -5.88. The minimum absolute atomic E-state index is 0.0740. The smallest absolute Gasteiger partial charge is 0.331 e. The fraction of sp³-hybridized carbons (Fsp3) is 0.481. The van der Waals surface area contributed by atoms with Crippen LogP contribution in [0.2, 0.25) is 0 Å². The molecule has 0 saturated carbocycles. The number of quaternary nitrogens is 2. The Bertz CT molecular complexity index is 2320. The van der Waals surface area contributed by atoms with Crippen LogP contribution in [0.1, 0.15) is 80.6 Å². The van der Waals surface area contributed by atoms with Gasteiger partial charge in [0.1, 0.15) is 17.8 Å². The second-order valence-electron chi connectivity index (χ2n) is 18.4. The molecule has 0 spiro atoms. The highest BCUT2D eigenvalue weighted by molar-refractivity contribution is 5.91. The van der Waals surface area contributed by atoms with E-state index in [1.165, 1.54) is 0 Å². The normalized spacial score (nSPS) is 19.5. The minimum Gasteiger partial charge on any atom is -0.496 e. The number of likely N-dealkylation sites (N-methyl/N-ethyl adjacent to an activating group) is 2. The van der Waals surface area contributed by atoms with Crippen LogP contribution in [0.3, 0.4) is 0 Å². The lowest BCUT2D eigenvalue weighted by atomic mass is 9.82. The molecule has 16 nitrogen and oxygen atoms in total. The number of fused-ring (bicyclic) bond motifs is 2. The Morgan fingerprint density at radius 3 is 1.54 bits per heavy atom. The molecule has 70 heavy (non-hydrogen) atoms. The first-order valence-corrected chi connectivity index (χ1v) is 23.8.